The molecule has 2 N–H and O–H groups in total. The maximum absolute atomic E-state index is 13.9. The molecule has 0 saturated heterocycles. The zero-order valence-electron chi connectivity index (χ0n) is 14.8. The van der Waals surface area contributed by atoms with Crippen LogP contribution < -0.4 is 14.8 Å². The first-order valence-corrected chi connectivity index (χ1v) is 8.12. The molecular formula is C18H18FN5O3. The van der Waals surface area contributed by atoms with Gasteiger partial charge in [0, 0.05) is 0 Å². The van der Waals surface area contributed by atoms with Crippen molar-refractivity contribution in [2.24, 2.45) is 0 Å². The minimum Gasteiger partial charge on any atom is -0.493 e. The number of nitrogens with one attached hydrogen (secondary N) is 2. The van der Waals surface area contributed by atoms with Crippen LogP contribution in [-0.2, 0) is 11.2 Å². The van der Waals surface area contributed by atoms with E-state index in [1.807, 2.05) is 6.07 Å². The number of rotatable bonds is 7. The number of carbonyl (C=O) groups is 1. The maximum Gasteiger partial charge on any atom is 0.235 e. The van der Waals surface area contributed by atoms with Crippen LogP contribution in [0.4, 0.5) is 10.1 Å². The number of aromatic nitrogens is 4. The molecule has 3 aromatic rings. The summed E-state index contributed by atoms with van der Waals surface area (Å²) < 4.78 is 24.6. The molecule has 1 aromatic heterocycles. The molecule has 0 bridgehead atoms. The van der Waals surface area contributed by atoms with E-state index in [0.717, 1.165) is 5.56 Å². The normalized spacial score (nSPS) is 11.7. The summed E-state index contributed by atoms with van der Waals surface area (Å²) in [6.45, 7) is 0. The Kier molecular flexibility index (Phi) is 5.60. The Labute approximate surface area is 154 Å². The number of benzene rings is 2. The summed E-state index contributed by atoms with van der Waals surface area (Å²) in [6, 6.07) is 11.3. The van der Waals surface area contributed by atoms with Gasteiger partial charge in [-0.2, -0.15) is 5.21 Å². The number of nitrogens with zero attached hydrogens (tertiary/aromatic N) is 3. The van der Waals surface area contributed by atoms with E-state index in [4.69, 9.17) is 9.47 Å². The first-order valence-electron chi connectivity index (χ1n) is 8.12. The molecule has 0 aliphatic heterocycles. The van der Waals surface area contributed by atoms with Crippen molar-refractivity contribution in [3.05, 3.63) is 59.7 Å². The maximum atomic E-state index is 13.9. The Morgan fingerprint density at radius 2 is 2.00 bits per heavy atom. The van der Waals surface area contributed by atoms with E-state index in [1.165, 1.54) is 26.4 Å². The van der Waals surface area contributed by atoms with E-state index in [0.29, 0.717) is 11.5 Å². The van der Waals surface area contributed by atoms with Gasteiger partial charge in [0.2, 0.25) is 5.91 Å². The topological polar surface area (TPSA) is 102 Å². The summed E-state index contributed by atoms with van der Waals surface area (Å²) >= 11 is 0. The Balaban J connectivity index is 1.92. The second-order valence-corrected chi connectivity index (χ2v) is 5.65. The fourth-order valence-electron chi connectivity index (χ4n) is 2.74. The van der Waals surface area contributed by atoms with Crippen molar-refractivity contribution in [1.82, 2.24) is 20.6 Å². The van der Waals surface area contributed by atoms with Crippen LogP contribution in [0.15, 0.2) is 42.5 Å². The minimum atomic E-state index is -0.815. The van der Waals surface area contributed by atoms with Gasteiger partial charge in [-0.1, -0.05) is 29.5 Å². The summed E-state index contributed by atoms with van der Waals surface area (Å²) in [7, 11) is 3.05. The third-order valence-corrected chi connectivity index (χ3v) is 4.03. The van der Waals surface area contributed by atoms with E-state index in [1.54, 1.807) is 24.3 Å². The molecular weight excluding hydrogens is 353 g/mol. The number of anilines is 1. The molecule has 0 fully saturated rings. The summed E-state index contributed by atoms with van der Waals surface area (Å²) in [5, 5.41) is 16.3. The van der Waals surface area contributed by atoms with Crippen LogP contribution in [-0.4, -0.2) is 40.8 Å². The van der Waals surface area contributed by atoms with Crippen molar-refractivity contribution in [3.8, 4) is 11.5 Å². The Hall–Kier alpha value is -3.49. The fraction of sp³-hybridized carbons (Fsp3) is 0.222. The molecule has 1 heterocycles. The van der Waals surface area contributed by atoms with Gasteiger partial charge in [0.1, 0.15) is 11.7 Å². The van der Waals surface area contributed by atoms with Crippen LogP contribution in [0.3, 0.4) is 0 Å². The van der Waals surface area contributed by atoms with Crippen LogP contribution >= 0.6 is 0 Å². The van der Waals surface area contributed by atoms with Crippen LogP contribution in [0.2, 0.25) is 0 Å². The third-order valence-electron chi connectivity index (χ3n) is 4.03. The lowest BCUT2D eigenvalue weighted by Crippen LogP contribution is -2.25. The molecule has 27 heavy (non-hydrogen) atoms. The van der Waals surface area contributed by atoms with Crippen molar-refractivity contribution in [2.75, 3.05) is 19.5 Å². The molecule has 0 unspecified atom stereocenters. The van der Waals surface area contributed by atoms with Gasteiger partial charge >= 0.3 is 0 Å². The Morgan fingerprint density at radius 1 is 1.19 bits per heavy atom. The van der Waals surface area contributed by atoms with Gasteiger partial charge in [-0.05, 0) is 30.2 Å². The smallest absolute Gasteiger partial charge is 0.235 e. The number of para-hydroxylation sites is 2. The van der Waals surface area contributed by atoms with Gasteiger partial charge in [0.15, 0.2) is 17.3 Å². The third kappa shape index (κ3) is 4.02. The number of methoxy groups -OCH3 is 2. The molecule has 1 amide bonds. The van der Waals surface area contributed by atoms with Gasteiger partial charge < -0.3 is 14.8 Å². The van der Waals surface area contributed by atoms with Crippen LogP contribution in [0.25, 0.3) is 0 Å². The molecule has 2 aromatic carbocycles. The molecule has 0 saturated carbocycles. The Bertz CT molecular complexity index is 917. The predicted molar refractivity (Wildman–Crippen MR) is 95.2 cm³/mol. The van der Waals surface area contributed by atoms with Crippen molar-refractivity contribution in [2.45, 2.75) is 12.3 Å². The lowest BCUT2D eigenvalue weighted by Gasteiger charge is -2.17. The monoisotopic (exact) mass is 371 g/mol. The summed E-state index contributed by atoms with van der Waals surface area (Å²) in [6.07, 6.45) is 0.209. The molecule has 9 heteroatoms. The van der Waals surface area contributed by atoms with Gasteiger partial charge in [0.25, 0.3) is 0 Å². The van der Waals surface area contributed by atoms with Gasteiger partial charge in [-0.15, -0.1) is 10.2 Å². The van der Waals surface area contributed by atoms with Gasteiger partial charge in [-0.3, -0.25) is 4.79 Å². The fourth-order valence-corrected chi connectivity index (χ4v) is 2.74. The SMILES string of the molecule is COc1cccc(C[C@H](C(=O)Nc2ccccc2F)c2nn[nH]n2)c1OC. The lowest BCUT2D eigenvalue weighted by molar-refractivity contribution is -0.117. The van der Waals surface area contributed by atoms with E-state index in [9.17, 15) is 9.18 Å². The highest BCUT2D eigenvalue weighted by molar-refractivity contribution is 5.95. The molecule has 0 aliphatic carbocycles. The number of tetrazole rings is 1. The van der Waals surface area contributed by atoms with Gasteiger partial charge in [-0.25, -0.2) is 4.39 Å². The molecule has 0 spiro atoms. The Morgan fingerprint density at radius 3 is 2.67 bits per heavy atom. The second-order valence-electron chi connectivity index (χ2n) is 5.65. The van der Waals surface area contributed by atoms with Crippen molar-refractivity contribution >= 4 is 11.6 Å². The molecule has 3 rings (SSSR count). The highest BCUT2D eigenvalue weighted by Gasteiger charge is 2.28. The van der Waals surface area contributed by atoms with Crippen molar-refractivity contribution in [1.29, 1.82) is 0 Å². The number of carbonyl (C=O) groups excluding carboxylic acids is 1. The van der Waals surface area contributed by atoms with Crippen LogP contribution in [0, 0.1) is 5.82 Å². The zero-order valence-corrected chi connectivity index (χ0v) is 14.8. The van der Waals surface area contributed by atoms with E-state index >= 15 is 0 Å². The number of hydrogen-bond acceptors (Lipinski definition) is 6. The number of ether oxygens (including phenoxy) is 2. The number of H-pyrrole nitrogens is 1. The molecule has 1 atom stereocenters. The van der Waals surface area contributed by atoms with Gasteiger partial charge in [0.05, 0.1) is 19.9 Å². The first-order chi connectivity index (χ1) is 13.1. The quantitative estimate of drug-likeness (QED) is 0.661. The average Bonchev–Trinajstić information content (AvgIpc) is 3.21. The van der Waals surface area contributed by atoms with E-state index in [2.05, 4.69) is 25.9 Å². The standard InChI is InChI=1S/C18H18FN5O3/c1-26-15-9-5-6-11(16(15)27-2)10-12(17-21-23-24-22-17)18(25)20-14-8-4-3-7-13(14)19/h3-9,12H,10H2,1-2H3,(H,20,25)(H,21,22,23,24)/t12-/m0/s1. The largest absolute Gasteiger partial charge is 0.493 e. The number of halogens is 1. The zero-order chi connectivity index (χ0) is 19.2. The minimum absolute atomic E-state index is 0.0774. The number of hydrogen-bond donors (Lipinski definition) is 2. The lowest BCUT2D eigenvalue weighted by atomic mass is 9.96. The predicted octanol–water partition coefficient (Wildman–Crippen LogP) is 2.32. The molecule has 0 radical (unpaired) electrons. The summed E-state index contributed by atoms with van der Waals surface area (Å²) in [4.78, 5) is 12.9. The highest BCUT2D eigenvalue weighted by atomic mass is 19.1. The van der Waals surface area contributed by atoms with Crippen molar-refractivity contribution < 1.29 is 18.7 Å². The highest BCUT2D eigenvalue weighted by Crippen LogP contribution is 2.34. The number of amides is 1. The van der Waals surface area contributed by atoms with E-state index in [-0.39, 0.29) is 17.9 Å². The van der Waals surface area contributed by atoms with Crippen molar-refractivity contribution in [3.63, 3.8) is 0 Å². The first kappa shape index (κ1) is 18.3. The second kappa shape index (κ2) is 8.26. The summed E-state index contributed by atoms with van der Waals surface area (Å²) in [5.74, 6) is -0.579. The average molecular weight is 371 g/mol. The van der Waals surface area contributed by atoms with E-state index < -0.39 is 17.6 Å². The van der Waals surface area contributed by atoms with Crippen LogP contribution in [0.5, 0.6) is 11.5 Å². The molecule has 140 valence electrons. The molecule has 0 aliphatic rings. The number of aromatic amines is 1. The molecule has 8 nitrogen and oxygen atoms in total. The van der Waals surface area contributed by atoms with Crippen LogP contribution in [0.1, 0.15) is 17.3 Å². The summed E-state index contributed by atoms with van der Waals surface area (Å²) in [5.41, 5.74) is 0.795.